The average molecular weight is 350 g/mol. The fraction of sp³-hybridized carbons (Fsp3) is 0.312. The second-order valence-corrected chi connectivity index (χ2v) is 5.42. The number of hydrogen-bond acceptors (Lipinski definition) is 5. The van der Waals surface area contributed by atoms with Gasteiger partial charge in [-0.2, -0.15) is 0 Å². The lowest BCUT2D eigenvalue weighted by atomic mass is 10.1. The van der Waals surface area contributed by atoms with Crippen molar-refractivity contribution in [1.29, 1.82) is 0 Å². The van der Waals surface area contributed by atoms with E-state index in [1.807, 2.05) is 6.92 Å². The zero-order chi connectivity index (χ0) is 17.9. The molecule has 1 aliphatic heterocycles. The molecule has 0 unspecified atom stereocenters. The fourth-order valence-electron chi connectivity index (χ4n) is 2.19. The highest BCUT2D eigenvalue weighted by molar-refractivity contribution is 7.80. The summed E-state index contributed by atoms with van der Waals surface area (Å²) in [7, 11) is 3.35. The maximum atomic E-state index is 12.2. The third kappa shape index (κ3) is 3.65. The Hall–Kier alpha value is -2.61. The number of benzene rings is 1. The first-order valence-electron chi connectivity index (χ1n) is 7.24. The molecule has 1 amide bonds. The van der Waals surface area contributed by atoms with E-state index in [1.165, 1.54) is 4.90 Å². The van der Waals surface area contributed by atoms with Crippen LogP contribution >= 0.6 is 12.2 Å². The van der Waals surface area contributed by atoms with Gasteiger partial charge >= 0.3 is 5.97 Å². The quantitative estimate of drug-likeness (QED) is 0.616. The molecule has 0 spiro atoms. The van der Waals surface area contributed by atoms with E-state index < -0.39 is 12.6 Å². The van der Waals surface area contributed by atoms with Crippen molar-refractivity contribution in [1.82, 2.24) is 9.80 Å². The normalized spacial score (nSPS) is 16.0. The Morgan fingerprint density at radius 2 is 1.96 bits per heavy atom. The number of amides is 1. The molecule has 0 atom stereocenters. The van der Waals surface area contributed by atoms with Crippen molar-refractivity contribution < 1.29 is 24.2 Å². The second-order valence-electron chi connectivity index (χ2n) is 5.06. The largest absolute Gasteiger partial charge is 0.490 e. The molecule has 1 saturated heterocycles. The molecule has 128 valence electrons. The van der Waals surface area contributed by atoms with Crippen molar-refractivity contribution in [3.05, 3.63) is 29.5 Å². The Bertz CT molecular complexity index is 716. The molecule has 8 heteroatoms. The Morgan fingerprint density at radius 3 is 2.50 bits per heavy atom. The molecule has 1 aromatic carbocycles. The highest BCUT2D eigenvalue weighted by atomic mass is 32.1. The van der Waals surface area contributed by atoms with Gasteiger partial charge < -0.3 is 19.5 Å². The molecule has 1 heterocycles. The SMILES string of the molecule is CCOc1cc(C=C2C(=O)N(C)C(=S)N2C)ccc1OCC(=O)O. The molecule has 1 fully saturated rings. The number of carbonyl (C=O) groups excluding carboxylic acids is 1. The maximum Gasteiger partial charge on any atom is 0.341 e. The summed E-state index contributed by atoms with van der Waals surface area (Å²) in [5, 5.41) is 9.14. The number of carbonyl (C=O) groups is 2. The van der Waals surface area contributed by atoms with Crippen LogP contribution in [0.3, 0.4) is 0 Å². The van der Waals surface area contributed by atoms with Gasteiger partial charge in [0, 0.05) is 14.1 Å². The van der Waals surface area contributed by atoms with Crippen LogP contribution in [0.2, 0.25) is 0 Å². The van der Waals surface area contributed by atoms with Gasteiger partial charge in [-0.15, -0.1) is 0 Å². The minimum absolute atomic E-state index is 0.188. The lowest BCUT2D eigenvalue weighted by Gasteiger charge is -2.13. The maximum absolute atomic E-state index is 12.2. The van der Waals surface area contributed by atoms with E-state index in [2.05, 4.69) is 0 Å². The molecule has 1 N–H and O–H groups in total. The summed E-state index contributed by atoms with van der Waals surface area (Å²) in [5.74, 6) is -0.512. The second kappa shape index (κ2) is 7.31. The van der Waals surface area contributed by atoms with Gasteiger partial charge in [0.25, 0.3) is 5.91 Å². The van der Waals surface area contributed by atoms with E-state index in [0.717, 1.165) is 5.56 Å². The van der Waals surface area contributed by atoms with E-state index in [9.17, 15) is 9.59 Å². The number of ether oxygens (including phenoxy) is 2. The molecular formula is C16H18N2O5S. The first-order chi connectivity index (χ1) is 11.3. The number of nitrogens with zero attached hydrogens (tertiary/aromatic N) is 2. The smallest absolute Gasteiger partial charge is 0.341 e. The number of carboxylic acid groups (broad SMARTS) is 1. The van der Waals surface area contributed by atoms with Gasteiger partial charge in [-0.05, 0) is 42.9 Å². The summed E-state index contributed by atoms with van der Waals surface area (Å²) in [6, 6.07) is 5.02. The summed E-state index contributed by atoms with van der Waals surface area (Å²) in [6.45, 7) is 1.75. The van der Waals surface area contributed by atoms with Crippen molar-refractivity contribution in [2.75, 3.05) is 27.3 Å². The van der Waals surface area contributed by atoms with Gasteiger partial charge in [0.1, 0.15) is 5.70 Å². The number of thiocarbonyl (C=S) groups is 1. The monoisotopic (exact) mass is 350 g/mol. The molecule has 0 radical (unpaired) electrons. The van der Waals surface area contributed by atoms with Gasteiger partial charge in [-0.25, -0.2) is 4.79 Å². The first-order valence-corrected chi connectivity index (χ1v) is 7.64. The van der Waals surface area contributed by atoms with E-state index in [-0.39, 0.29) is 5.91 Å². The topological polar surface area (TPSA) is 79.3 Å². The summed E-state index contributed by atoms with van der Waals surface area (Å²) in [6.07, 6.45) is 1.70. The summed E-state index contributed by atoms with van der Waals surface area (Å²) in [4.78, 5) is 25.9. The Balaban J connectivity index is 2.33. The summed E-state index contributed by atoms with van der Waals surface area (Å²) < 4.78 is 10.7. The van der Waals surface area contributed by atoms with Crippen molar-refractivity contribution in [2.24, 2.45) is 0 Å². The molecule has 0 saturated carbocycles. The summed E-state index contributed by atoms with van der Waals surface area (Å²) in [5.41, 5.74) is 1.17. The van der Waals surface area contributed by atoms with Crippen LogP contribution in [0.25, 0.3) is 6.08 Å². The Kier molecular flexibility index (Phi) is 5.40. The molecule has 1 aliphatic rings. The number of rotatable bonds is 6. The zero-order valence-electron chi connectivity index (χ0n) is 13.6. The third-order valence-electron chi connectivity index (χ3n) is 3.38. The molecule has 0 aromatic heterocycles. The minimum Gasteiger partial charge on any atom is -0.490 e. The average Bonchev–Trinajstić information content (AvgIpc) is 2.72. The highest BCUT2D eigenvalue weighted by Crippen LogP contribution is 2.30. The van der Waals surface area contributed by atoms with Gasteiger partial charge in [-0.3, -0.25) is 9.69 Å². The predicted octanol–water partition coefficient (Wildman–Crippen LogP) is 1.58. The van der Waals surface area contributed by atoms with Crippen molar-refractivity contribution in [2.45, 2.75) is 6.92 Å². The highest BCUT2D eigenvalue weighted by Gasteiger charge is 2.32. The van der Waals surface area contributed by atoms with E-state index in [4.69, 9.17) is 26.8 Å². The zero-order valence-corrected chi connectivity index (χ0v) is 14.4. The molecule has 2 rings (SSSR count). The molecule has 24 heavy (non-hydrogen) atoms. The van der Waals surface area contributed by atoms with E-state index in [1.54, 1.807) is 43.3 Å². The minimum atomic E-state index is -1.07. The van der Waals surface area contributed by atoms with Gasteiger partial charge in [-0.1, -0.05) is 6.07 Å². The first kappa shape index (κ1) is 17.7. The number of aliphatic carboxylic acids is 1. The molecule has 0 bridgehead atoms. The lowest BCUT2D eigenvalue weighted by Crippen LogP contribution is -2.26. The van der Waals surface area contributed by atoms with E-state index >= 15 is 0 Å². The number of hydrogen-bond donors (Lipinski definition) is 1. The van der Waals surface area contributed by atoms with Crippen LogP contribution in [0, 0.1) is 0 Å². The predicted molar refractivity (Wildman–Crippen MR) is 91.8 cm³/mol. The Morgan fingerprint density at radius 1 is 1.25 bits per heavy atom. The van der Waals surface area contributed by atoms with Crippen molar-refractivity contribution in [3.8, 4) is 11.5 Å². The number of likely N-dealkylation sites (N-methyl/N-ethyl adjacent to an activating group) is 2. The molecule has 1 aromatic rings. The van der Waals surface area contributed by atoms with Crippen LogP contribution in [0.1, 0.15) is 12.5 Å². The molecular weight excluding hydrogens is 332 g/mol. The van der Waals surface area contributed by atoms with Crippen LogP contribution < -0.4 is 9.47 Å². The Labute approximate surface area is 145 Å². The fourth-order valence-corrected chi connectivity index (χ4v) is 2.37. The standard InChI is InChI=1S/C16H18N2O5S/c1-4-22-13-8-10(5-6-12(13)23-9-14(19)20)7-11-15(21)18(3)16(24)17(11)2/h5-8H,4,9H2,1-3H3,(H,19,20). The van der Waals surface area contributed by atoms with Crippen LogP contribution in [0.4, 0.5) is 0 Å². The van der Waals surface area contributed by atoms with Crippen LogP contribution in [-0.4, -0.2) is 59.2 Å². The van der Waals surface area contributed by atoms with Crippen molar-refractivity contribution >= 4 is 35.3 Å². The summed E-state index contributed by atoms with van der Waals surface area (Å²) >= 11 is 5.17. The van der Waals surface area contributed by atoms with Crippen LogP contribution in [-0.2, 0) is 9.59 Å². The lowest BCUT2D eigenvalue weighted by molar-refractivity contribution is -0.139. The van der Waals surface area contributed by atoms with Gasteiger partial charge in [0.2, 0.25) is 0 Å². The molecule has 7 nitrogen and oxygen atoms in total. The van der Waals surface area contributed by atoms with Gasteiger partial charge in [0.05, 0.1) is 6.61 Å². The molecule has 0 aliphatic carbocycles. The third-order valence-corrected chi connectivity index (χ3v) is 3.93. The van der Waals surface area contributed by atoms with Crippen molar-refractivity contribution in [3.63, 3.8) is 0 Å². The van der Waals surface area contributed by atoms with Crippen LogP contribution in [0.15, 0.2) is 23.9 Å². The van der Waals surface area contributed by atoms with Gasteiger partial charge in [0.15, 0.2) is 23.2 Å². The van der Waals surface area contributed by atoms with Crippen LogP contribution in [0.5, 0.6) is 11.5 Å². The number of carboxylic acids is 1. The van der Waals surface area contributed by atoms with E-state index in [0.29, 0.717) is 28.9 Å².